The van der Waals surface area contributed by atoms with Gasteiger partial charge < -0.3 is 18.9 Å². The molecule has 0 bridgehead atoms. The molecule has 0 aromatic heterocycles. The van der Waals surface area contributed by atoms with Gasteiger partial charge in [0.25, 0.3) is 0 Å². The molecular formula is C16H21F3O9S. The molecule has 2 fully saturated rings. The summed E-state index contributed by atoms with van der Waals surface area (Å²) in [6.07, 6.45) is -4.01. The van der Waals surface area contributed by atoms with Crippen molar-refractivity contribution in [3.8, 4) is 0 Å². The Balaban J connectivity index is 2.25. The molecule has 0 aromatic rings. The molecule has 2 aliphatic heterocycles. The molecule has 9 nitrogen and oxygen atoms in total. The maximum atomic E-state index is 12.6. The summed E-state index contributed by atoms with van der Waals surface area (Å²) in [5.74, 6) is -3.56. The van der Waals surface area contributed by atoms with Crippen molar-refractivity contribution in [1.29, 1.82) is 0 Å². The lowest BCUT2D eigenvalue weighted by molar-refractivity contribution is -0.316. The first-order valence-corrected chi connectivity index (χ1v) is 9.80. The number of alkyl halides is 3. The molecule has 0 N–H and O–H groups in total. The van der Waals surface area contributed by atoms with Gasteiger partial charge in [-0.2, -0.15) is 21.6 Å². The maximum absolute atomic E-state index is 12.6. The van der Waals surface area contributed by atoms with Crippen LogP contribution in [0.15, 0.2) is 12.2 Å². The zero-order valence-electron chi connectivity index (χ0n) is 16.2. The summed E-state index contributed by atoms with van der Waals surface area (Å²) in [5.41, 5.74) is -6.51. The van der Waals surface area contributed by atoms with E-state index < -0.39 is 63.4 Å². The normalized spacial score (nSPS) is 30.1. The van der Waals surface area contributed by atoms with E-state index in [-0.39, 0.29) is 0 Å². The fraction of sp³-hybridized carbons (Fsp3) is 0.750. The second-order valence-electron chi connectivity index (χ2n) is 7.78. The zero-order valence-corrected chi connectivity index (χ0v) is 17.0. The highest BCUT2D eigenvalue weighted by Gasteiger charge is 2.60. The summed E-state index contributed by atoms with van der Waals surface area (Å²) in [6, 6.07) is 0. The standard InChI is InChI=1S/C16H21F3O9S/c1-14(2,3)26-9(20)7-6-8-10-11(27-15(4,5)25-8)12(13(21)24-10)28-29(22,23)16(17,18)19/h6-8,10-12H,1-5H3/b7-6-/t8-,10+,11-,12-/m1/s1. The Morgan fingerprint density at radius 2 is 1.72 bits per heavy atom. The topological polar surface area (TPSA) is 114 Å². The van der Waals surface area contributed by atoms with Crippen LogP contribution in [0, 0.1) is 0 Å². The summed E-state index contributed by atoms with van der Waals surface area (Å²) >= 11 is 0. The summed E-state index contributed by atoms with van der Waals surface area (Å²) in [5, 5.41) is 0. The van der Waals surface area contributed by atoms with Crippen molar-refractivity contribution in [3.05, 3.63) is 12.2 Å². The molecule has 2 rings (SSSR count). The molecule has 0 saturated carbocycles. The quantitative estimate of drug-likeness (QED) is 0.275. The van der Waals surface area contributed by atoms with Gasteiger partial charge in [0, 0.05) is 6.08 Å². The average molecular weight is 446 g/mol. The summed E-state index contributed by atoms with van der Waals surface area (Å²) in [6.45, 7) is 7.70. The van der Waals surface area contributed by atoms with Gasteiger partial charge in [0.1, 0.15) is 17.8 Å². The van der Waals surface area contributed by atoms with Crippen LogP contribution < -0.4 is 0 Å². The molecule has 0 aliphatic carbocycles. The summed E-state index contributed by atoms with van der Waals surface area (Å²) in [4.78, 5) is 23.8. The molecule has 0 amide bonds. The molecule has 166 valence electrons. The van der Waals surface area contributed by atoms with Gasteiger partial charge in [-0.1, -0.05) is 0 Å². The Bertz CT molecular complexity index is 795. The van der Waals surface area contributed by atoms with Crippen LogP contribution >= 0.6 is 0 Å². The van der Waals surface area contributed by atoms with E-state index in [4.69, 9.17) is 18.9 Å². The van der Waals surface area contributed by atoms with Gasteiger partial charge in [-0.15, -0.1) is 0 Å². The van der Waals surface area contributed by atoms with E-state index in [2.05, 4.69) is 4.18 Å². The molecule has 0 unspecified atom stereocenters. The molecule has 0 radical (unpaired) electrons. The highest BCUT2D eigenvalue weighted by Crippen LogP contribution is 2.38. The minimum Gasteiger partial charge on any atom is -0.457 e. The monoisotopic (exact) mass is 446 g/mol. The van der Waals surface area contributed by atoms with Crippen molar-refractivity contribution in [1.82, 2.24) is 0 Å². The second-order valence-corrected chi connectivity index (χ2v) is 9.34. The number of rotatable bonds is 4. The van der Waals surface area contributed by atoms with Crippen molar-refractivity contribution in [2.45, 2.75) is 75.9 Å². The first-order chi connectivity index (χ1) is 12.9. The first-order valence-electron chi connectivity index (χ1n) is 8.39. The molecule has 29 heavy (non-hydrogen) atoms. The largest absolute Gasteiger partial charge is 0.523 e. The number of esters is 2. The zero-order chi connectivity index (χ0) is 22.4. The lowest BCUT2D eigenvalue weighted by Crippen LogP contribution is -2.55. The van der Waals surface area contributed by atoms with Crippen LogP contribution in [0.5, 0.6) is 0 Å². The van der Waals surface area contributed by atoms with Gasteiger partial charge in [-0.3, -0.25) is 0 Å². The Morgan fingerprint density at radius 1 is 1.14 bits per heavy atom. The highest BCUT2D eigenvalue weighted by molar-refractivity contribution is 7.87. The lowest BCUT2D eigenvalue weighted by atomic mass is 10.0. The SMILES string of the molecule is CC(C)(C)OC(=O)/C=C\[C@H]1OC(C)(C)O[C@@H]2[C@H]1OC(=O)[C@@H]2OS(=O)(=O)C(F)(F)F. The fourth-order valence-electron chi connectivity index (χ4n) is 2.65. The van der Waals surface area contributed by atoms with Crippen molar-refractivity contribution in [2.24, 2.45) is 0 Å². The van der Waals surface area contributed by atoms with Crippen molar-refractivity contribution in [2.75, 3.05) is 0 Å². The number of ether oxygens (including phenoxy) is 4. The Labute approximate surface area is 165 Å². The van der Waals surface area contributed by atoms with Crippen molar-refractivity contribution < 1.29 is 54.3 Å². The van der Waals surface area contributed by atoms with E-state index in [1.807, 2.05) is 0 Å². The molecule has 2 aliphatic rings. The number of carbonyl (C=O) groups excluding carboxylic acids is 2. The van der Waals surface area contributed by atoms with Crippen LogP contribution in [0.2, 0.25) is 0 Å². The fourth-order valence-corrected chi connectivity index (χ4v) is 3.22. The minimum absolute atomic E-state index is 0.737. The predicted octanol–water partition coefficient (Wildman–Crippen LogP) is 1.56. The van der Waals surface area contributed by atoms with E-state index in [0.29, 0.717) is 0 Å². The molecule has 2 heterocycles. The Hall–Kier alpha value is -1.70. The van der Waals surface area contributed by atoms with E-state index in [0.717, 1.165) is 6.08 Å². The molecule has 0 aromatic carbocycles. The number of hydrogen-bond acceptors (Lipinski definition) is 9. The van der Waals surface area contributed by atoms with Crippen LogP contribution in [-0.4, -0.2) is 61.7 Å². The first kappa shape index (κ1) is 23.6. The average Bonchev–Trinajstić information content (AvgIpc) is 2.77. The summed E-state index contributed by atoms with van der Waals surface area (Å²) in [7, 11) is -6.08. The van der Waals surface area contributed by atoms with Gasteiger partial charge in [0.05, 0.1) is 0 Å². The van der Waals surface area contributed by atoms with Crippen LogP contribution in [0.4, 0.5) is 13.2 Å². The van der Waals surface area contributed by atoms with Gasteiger partial charge in [-0.05, 0) is 40.7 Å². The molecule has 2 saturated heterocycles. The van der Waals surface area contributed by atoms with Crippen molar-refractivity contribution in [3.63, 3.8) is 0 Å². The maximum Gasteiger partial charge on any atom is 0.523 e. The van der Waals surface area contributed by atoms with Gasteiger partial charge in [0.2, 0.25) is 6.10 Å². The number of carbonyl (C=O) groups is 2. The van der Waals surface area contributed by atoms with Crippen LogP contribution in [0.3, 0.4) is 0 Å². The van der Waals surface area contributed by atoms with E-state index in [1.54, 1.807) is 20.8 Å². The van der Waals surface area contributed by atoms with E-state index >= 15 is 0 Å². The highest BCUT2D eigenvalue weighted by atomic mass is 32.2. The van der Waals surface area contributed by atoms with Gasteiger partial charge in [-0.25, -0.2) is 13.8 Å². The molecule has 4 atom stereocenters. The second kappa shape index (κ2) is 7.52. The molecular weight excluding hydrogens is 425 g/mol. The third-order valence-corrected chi connectivity index (χ3v) is 4.64. The van der Waals surface area contributed by atoms with E-state index in [9.17, 15) is 31.2 Å². The molecule has 13 heteroatoms. The van der Waals surface area contributed by atoms with Crippen LogP contribution in [0.25, 0.3) is 0 Å². The Morgan fingerprint density at radius 3 is 2.24 bits per heavy atom. The number of halogens is 3. The van der Waals surface area contributed by atoms with Gasteiger partial charge in [0.15, 0.2) is 11.9 Å². The van der Waals surface area contributed by atoms with Crippen LogP contribution in [-0.2, 0) is 42.8 Å². The third-order valence-electron chi connectivity index (χ3n) is 3.61. The summed E-state index contributed by atoms with van der Waals surface area (Å²) < 4.78 is 85.5. The lowest BCUT2D eigenvalue weighted by Gasteiger charge is -2.41. The third kappa shape index (κ3) is 5.68. The smallest absolute Gasteiger partial charge is 0.457 e. The van der Waals surface area contributed by atoms with Crippen molar-refractivity contribution >= 4 is 22.1 Å². The molecule has 0 spiro atoms. The number of hydrogen-bond donors (Lipinski definition) is 0. The Kier molecular flexibility index (Phi) is 6.12. The predicted molar refractivity (Wildman–Crippen MR) is 88.5 cm³/mol. The number of fused-ring (bicyclic) bond motifs is 1. The minimum atomic E-state index is -6.08. The van der Waals surface area contributed by atoms with Crippen LogP contribution in [0.1, 0.15) is 34.6 Å². The van der Waals surface area contributed by atoms with Gasteiger partial charge >= 0.3 is 27.6 Å². The van der Waals surface area contributed by atoms with E-state index in [1.165, 1.54) is 19.9 Å².